The molecule has 2 aromatic rings. The van der Waals surface area contributed by atoms with Gasteiger partial charge in [0.15, 0.2) is 0 Å². The van der Waals surface area contributed by atoms with Crippen LogP contribution in [0.2, 0.25) is 0 Å². The summed E-state index contributed by atoms with van der Waals surface area (Å²) in [7, 11) is 0. The standard InChI is InChI=1S/C27H35NO5/c1-20(21-9-11-22(12-10-21)26(31)14-17-32-18-15-26)28-16-13-27(33-24(28)29,19-25(2,3)30)23-7-5-4-6-8-23/h4-12,20,30-31H,13-19H2,1-3H3/t20-,27-/m0/s1. The lowest BCUT2D eigenvalue weighted by Gasteiger charge is -2.45. The molecule has 0 spiro atoms. The number of nitrogens with zero attached hydrogens (tertiary/aromatic N) is 1. The fourth-order valence-corrected chi connectivity index (χ4v) is 5.14. The smallest absolute Gasteiger partial charge is 0.411 e. The minimum atomic E-state index is -0.982. The van der Waals surface area contributed by atoms with E-state index in [1.807, 2.05) is 61.5 Å². The van der Waals surface area contributed by atoms with Crippen LogP contribution in [0.1, 0.15) is 69.2 Å². The van der Waals surface area contributed by atoms with Crippen molar-refractivity contribution in [3.05, 3.63) is 71.3 Å². The Kier molecular flexibility index (Phi) is 6.54. The van der Waals surface area contributed by atoms with Crippen LogP contribution in [0.3, 0.4) is 0 Å². The van der Waals surface area contributed by atoms with Gasteiger partial charge in [-0.1, -0.05) is 54.6 Å². The maximum absolute atomic E-state index is 13.2. The molecule has 0 unspecified atom stereocenters. The van der Waals surface area contributed by atoms with Crippen LogP contribution in [-0.2, 0) is 20.7 Å². The molecule has 2 aliphatic heterocycles. The van der Waals surface area contributed by atoms with E-state index in [2.05, 4.69) is 0 Å². The Morgan fingerprint density at radius 1 is 1.00 bits per heavy atom. The van der Waals surface area contributed by atoms with Crippen LogP contribution in [0.15, 0.2) is 54.6 Å². The third kappa shape index (κ3) is 5.08. The SMILES string of the molecule is C[C@@H](c1ccc(C2(O)CCOCC2)cc1)N1CC[C@](CC(C)(C)O)(c2ccccc2)OC1=O. The molecule has 0 aliphatic carbocycles. The van der Waals surface area contributed by atoms with Gasteiger partial charge in [0.2, 0.25) is 0 Å². The maximum Gasteiger partial charge on any atom is 0.411 e. The van der Waals surface area contributed by atoms with Crippen molar-refractivity contribution in [1.82, 2.24) is 4.90 Å². The highest BCUT2D eigenvalue weighted by Crippen LogP contribution is 2.42. The van der Waals surface area contributed by atoms with E-state index in [0.29, 0.717) is 45.4 Å². The molecule has 6 nitrogen and oxygen atoms in total. The summed E-state index contributed by atoms with van der Waals surface area (Å²) in [6.07, 6.45) is 1.71. The second kappa shape index (κ2) is 9.09. The summed E-state index contributed by atoms with van der Waals surface area (Å²) in [6.45, 7) is 7.12. The molecule has 0 radical (unpaired) electrons. The van der Waals surface area contributed by atoms with Crippen molar-refractivity contribution >= 4 is 6.09 Å². The molecule has 2 aliphatic rings. The Balaban J connectivity index is 1.51. The van der Waals surface area contributed by atoms with Gasteiger partial charge in [-0.15, -0.1) is 0 Å². The lowest BCUT2D eigenvalue weighted by molar-refractivity contribution is -0.101. The summed E-state index contributed by atoms with van der Waals surface area (Å²) >= 11 is 0. The zero-order valence-electron chi connectivity index (χ0n) is 19.8. The number of rotatable bonds is 6. The van der Waals surface area contributed by atoms with Gasteiger partial charge < -0.3 is 24.6 Å². The number of hydrogen-bond acceptors (Lipinski definition) is 5. The number of carbonyl (C=O) groups is 1. The molecule has 1 amide bonds. The highest BCUT2D eigenvalue weighted by atomic mass is 16.6. The van der Waals surface area contributed by atoms with Crippen LogP contribution in [0.4, 0.5) is 4.79 Å². The molecule has 2 N–H and O–H groups in total. The maximum atomic E-state index is 13.2. The zero-order chi connectivity index (χ0) is 23.7. The van der Waals surface area contributed by atoms with Crippen LogP contribution >= 0.6 is 0 Å². The Bertz CT molecular complexity index is 947. The van der Waals surface area contributed by atoms with Crippen molar-refractivity contribution in [1.29, 1.82) is 0 Å². The first kappa shape index (κ1) is 23.7. The molecular formula is C27H35NO5. The van der Waals surface area contributed by atoms with Gasteiger partial charge in [-0.05, 0) is 37.5 Å². The molecule has 4 rings (SSSR count). The number of hydrogen-bond donors (Lipinski definition) is 2. The number of ether oxygens (including phenoxy) is 2. The second-order valence-electron chi connectivity index (χ2n) is 10.1. The summed E-state index contributed by atoms with van der Waals surface area (Å²) in [5.41, 5.74) is 0.0861. The monoisotopic (exact) mass is 453 g/mol. The van der Waals surface area contributed by atoms with Gasteiger partial charge in [-0.3, -0.25) is 0 Å². The minimum Gasteiger partial charge on any atom is -0.438 e. The van der Waals surface area contributed by atoms with Crippen LogP contribution in [0.25, 0.3) is 0 Å². The fourth-order valence-electron chi connectivity index (χ4n) is 5.14. The minimum absolute atomic E-state index is 0.174. The van der Waals surface area contributed by atoms with E-state index in [1.54, 1.807) is 18.7 Å². The van der Waals surface area contributed by atoms with E-state index in [0.717, 1.165) is 16.7 Å². The van der Waals surface area contributed by atoms with Crippen LogP contribution in [0, 0.1) is 0 Å². The molecule has 2 saturated heterocycles. The van der Waals surface area contributed by atoms with Crippen molar-refractivity contribution in [2.24, 2.45) is 0 Å². The molecule has 0 aromatic heterocycles. The zero-order valence-corrected chi connectivity index (χ0v) is 19.8. The molecule has 2 heterocycles. The summed E-state index contributed by atoms with van der Waals surface area (Å²) in [6, 6.07) is 17.4. The Morgan fingerprint density at radius 2 is 1.64 bits per heavy atom. The summed E-state index contributed by atoms with van der Waals surface area (Å²) in [5, 5.41) is 21.5. The normalized spacial score (nSPS) is 24.3. The third-order valence-corrected chi connectivity index (χ3v) is 7.01. The second-order valence-corrected chi connectivity index (χ2v) is 10.1. The van der Waals surface area contributed by atoms with Crippen LogP contribution in [0.5, 0.6) is 0 Å². The van der Waals surface area contributed by atoms with E-state index >= 15 is 0 Å². The van der Waals surface area contributed by atoms with Gasteiger partial charge in [0.1, 0.15) is 5.60 Å². The van der Waals surface area contributed by atoms with Gasteiger partial charge in [0, 0.05) is 45.4 Å². The topological polar surface area (TPSA) is 79.2 Å². The fraction of sp³-hybridized carbons (Fsp3) is 0.519. The number of aliphatic hydroxyl groups is 2. The van der Waals surface area contributed by atoms with Crippen molar-refractivity contribution in [3.63, 3.8) is 0 Å². The van der Waals surface area contributed by atoms with Crippen LogP contribution in [-0.4, -0.2) is 46.6 Å². The molecule has 6 heteroatoms. The summed E-state index contributed by atoms with van der Waals surface area (Å²) < 4.78 is 11.5. The number of cyclic esters (lactones) is 1. The highest BCUT2D eigenvalue weighted by Gasteiger charge is 2.46. The predicted octanol–water partition coefficient (Wildman–Crippen LogP) is 4.64. The molecular weight excluding hydrogens is 418 g/mol. The molecule has 0 saturated carbocycles. The third-order valence-electron chi connectivity index (χ3n) is 7.01. The quantitative estimate of drug-likeness (QED) is 0.666. The number of benzene rings is 2. The molecule has 2 fully saturated rings. The van der Waals surface area contributed by atoms with Crippen LogP contribution < -0.4 is 0 Å². The average molecular weight is 454 g/mol. The first-order valence-corrected chi connectivity index (χ1v) is 11.8. The lowest BCUT2D eigenvalue weighted by atomic mass is 9.80. The van der Waals surface area contributed by atoms with E-state index in [4.69, 9.17) is 9.47 Å². The van der Waals surface area contributed by atoms with Gasteiger partial charge in [0.05, 0.1) is 17.2 Å². The Morgan fingerprint density at radius 3 is 2.21 bits per heavy atom. The van der Waals surface area contributed by atoms with E-state index < -0.39 is 16.8 Å². The molecule has 33 heavy (non-hydrogen) atoms. The Labute approximate surface area is 196 Å². The van der Waals surface area contributed by atoms with Crippen molar-refractivity contribution in [2.75, 3.05) is 19.8 Å². The van der Waals surface area contributed by atoms with Gasteiger partial charge in [0.25, 0.3) is 0 Å². The van der Waals surface area contributed by atoms with Crippen molar-refractivity contribution in [3.8, 4) is 0 Å². The average Bonchev–Trinajstić information content (AvgIpc) is 2.79. The lowest BCUT2D eigenvalue weighted by Crippen LogP contribution is -2.51. The summed E-state index contributed by atoms with van der Waals surface area (Å²) in [5.74, 6) is 0. The first-order chi connectivity index (χ1) is 15.6. The molecule has 2 atom stereocenters. The van der Waals surface area contributed by atoms with Gasteiger partial charge in [-0.25, -0.2) is 4.79 Å². The molecule has 178 valence electrons. The summed E-state index contributed by atoms with van der Waals surface area (Å²) in [4.78, 5) is 15.0. The molecule has 0 bridgehead atoms. The van der Waals surface area contributed by atoms with Crippen molar-refractivity contribution < 1.29 is 24.5 Å². The predicted molar refractivity (Wildman–Crippen MR) is 126 cm³/mol. The number of amides is 1. The largest absolute Gasteiger partial charge is 0.438 e. The first-order valence-electron chi connectivity index (χ1n) is 11.8. The Hall–Kier alpha value is -2.41. The van der Waals surface area contributed by atoms with Gasteiger partial charge >= 0.3 is 6.09 Å². The van der Waals surface area contributed by atoms with E-state index in [-0.39, 0.29) is 12.1 Å². The van der Waals surface area contributed by atoms with Gasteiger partial charge in [-0.2, -0.15) is 0 Å². The number of carbonyl (C=O) groups excluding carboxylic acids is 1. The van der Waals surface area contributed by atoms with E-state index in [1.165, 1.54) is 0 Å². The highest BCUT2D eigenvalue weighted by molar-refractivity contribution is 5.70. The van der Waals surface area contributed by atoms with E-state index in [9.17, 15) is 15.0 Å². The van der Waals surface area contributed by atoms with Crippen molar-refractivity contribution in [2.45, 2.75) is 69.3 Å². The molecule has 2 aromatic carbocycles.